The van der Waals surface area contributed by atoms with Gasteiger partial charge < -0.3 is 25.7 Å². The average Bonchev–Trinajstić information content (AvgIpc) is 3.42. The Hall–Kier alpha value is -5.15. The number of fused-ring (bicyclic) bond motifs is 1. The summed E-state index contributed by atoms with van der Waals surface area (Å²) in [6.45, 7) is 0.679. The molecule has 15 heteroatoms. The van der Waals surface area contributed by atoms with Gasteiger partial charge in [0.15, 0.2) is 24.0 Å². The number of nitrogens with one attached hydrogen (secondary N) is 2. The van der Waals surface area contributed by atoms with Crippen LogP contribution in [0.25, 0.3) is 0 Å². The number of benzene rings is 2. The monoisotopic (exact) mass is 704 g/mol. The number of hydrogen-bond donors (Lipinski definition) is 4. The molecule has 0 saturated carbocycles. The first-order valence-corrected chi connectivity index (χ1v) is 17.3. The lowest BCUT2D eigenvalue weighted by molar-refractivity contribution is -0.684. The number of carboxylic acid groups (broad SMARTS) is 1. The van der Waals surface area contributed by atoms with E-state index in [1.807, 2.05) is 30.3 Å². The maximum Gasteiger partial charge on any atom is 0.352 e. The van der Waals surface area contributed by atoms with Gasteiger partial charge in [-0.3, -0.25) is 24.1 Å². The molecule has 4 N–H and O–H groups in total. The SMILES string of the molecule is O=C(C[n+]1ccc(CN2CC/C(=C\C3=C(C(=O)O)N4C(=O)[C@@H](NC(=O)CSc5ccccc5)[C@H]4SC3)C2=O)cc1)Nc1ccc(O)c(F)c1. The second-order valence-corrected chi connectivity index (χ2v) is 13.6. The van der Waals surface area contributed by atoms with E-state index in [9.17, 15) is 38.6 Å². The summed E-state index contributed by atoms with van der Waals surface area (Å²) in [6, 6.07) is 15.7. The molecule has 0 bridgehead atoms. The average molecular weight is 705 g/mol. The Labute approximate surface area is 288 Å². The number of carbonyl (C=O) groups is 5. The van der Waals surface area contributed by atoms with Crippen molar-refractivity contribution in [1.29, 1.82) is 0 Å². The highest BCUT2D eigenvalue weighted by molar-refractivity contribution is 8.00. The molecule has 0 unspecified atom stereocenters. The number of likely N-dealkylation sites (tertiary alicyclic amines) is 1. The van der Waals surface area contributed by atoms with Gasteiger partial charge in [-0.2, -0.15) is 4.57 Å². The van der Waals surface area contributed by atoms with Crippen molar-refractivity contribution in [2.24, 2.45) is 0 Å². The summed E-state index contributed by atoms with van der Waals surface area (Å²) in [4.78, 5) is 67.4. The minimum Gasteiger partial charge on any atom is -0.505 e. The predicted molar refractivity (Wildman–Crippen MR) is 178 cm³/mol. The first-order chi connectivity index (χ1) is 23.6. The van der Waals surface area contributed by atoms with Crippen molar-refractivity contribution < 1.29 is 43.1 Å². The van der Waals surface area contributed by atoms with Crippen LogP contribution >= 0.6 is 23.5 Å². The number of amides is 4. The molecule has 2 fully saturated rings. The number of pyridine rings is 1. The second kappa shape index (κ2) is 14.5. The molecule has 2 atom stereocenters. The quantitative estimate of drug-likeness (QED) is 0.0774. The van der Waals surface area contributed by atoms with Crippen molar-refractivity contribution in [3.8, 4) is 5.75 Å². The van der Waals surface area contributed by atoms with Gasteiger partial charge >= 0.3 is 5.97 Å². The van der Waals surface area contributed by atoms with Gasteiger partial charge in [0.2, 0.25) is 18.4 Å². The number of rotatable bonds is 11. The number of hydrogen-bond acceptors (Lipinski definition) is 8. The molecule has 4 heterocycles. The van der Waals surface area contributed by atoms with Crippen LogP contribution in [-0.4, -0.2) is 79.1 Å². The summed E-state index contributed by atoms with van der Waals surface area (Å²) in [7, 11) is 0. The number of nitrogens with zero attached hydrogens (tertiary/aromatic N) is 3. The largest absolute Gasteiger partial charge is 0.505 e. The zero-order valence-electron chi connectivity index (χ0n) is 25.9. The van der Waals surface area contributed by atoms with Gasteiger partial charge in [0.1, 0.15) is 17.1 Å². The standard InChI is InChI=1S/C34H30FN5O7S2/c35-25-15-23(6-7-26(25)41)36-27(42)17-38-11-8-20(9-12-38)16-39-13-10-21(31(39)44)14-22-18-49-33-29(32(45)40(33)30(22)34(46)47)37-28(43)19-48-24-4-2-1-3-5-24/h1-9,11-12,14-15,29,33H,10,13,16-19H2,(H3-,36,37,41,42,43,46,47)/p+1/b21-14+/t29-,33-/m1/s1. The Morgan fingerprint density at radius 1 is 1.06 bits per heavy atom. The normalized spacial score (nSPS) is 19.5. The minimum absolute atomic E-state index is 0.0435. The highest BCUT2D eigenvalue weighted by Gasteiger charge is 2.54. The predicted octanol–water partition coefficient (Wildman–Crippen LogP) is 2.65. The lowest BCUT2D eigenvalue weighted by Gasteiger charge is -2.49. The maximum atomic E-state index is 13.5. The van der Waals surface area contributed by atoms with Crippen molar-refractivity contribution in [2.75, 3.05) is 23.4 Å². The van der Waals surface area contributed by atoms with Gasteiger partial charge in [0.25, 0.3) is 11.8 Å². The highest BCUT2D eigenvalue weighted by atomic mass is 32.2. The number of anilines is 1. The van der Waals surface area contributed by atoms with E-state index in [2.05, 4.69) is 10.6 Å². The van der Waals surface area contributed by atoms with Crippen LogP contribution in [0.1, 0.15) is 12.0 Å². The zero-order valence-corrected chi connectivity index (χ0v) is 27.5. The van der Waals surface area contributed by atoms with E-state index < -0.39 is 40.8 Å². The van der Waals surface area contributed by atoms with E-state index >= 15 is 0 Å². The third-order valence-electron chi connectivity index (χ3n) is 8.08. The summed E-state index contributed by atoms with van der Waals surface area (Å²) >= 11 is 2.68. The number of allylic oxidation sites excluding steroid dienone is 1. The van der Waals surface area contributed by atoms with Gasteiger partial charge in [0, 0.05) is 53.2 Å². The Morgan fingerprint density at radius 2 is 1.82 bits per heavy atom. The fourth-order valence-corrected chi connectivity index (χ4v) is 7.70. The van der Waals surface area contributed by atoms with Crippen molar-refractivity contribution >= 4 is 58.8 Å². The number of β-lactam (4-membered cyclic amide) rings is 1. The number of aliphatic carboxylic acids is 1. The van der Waals surface area contributed by atoms with E-state index in [4.69, 9.17) is 0 Å². The van der Waals surface area contributed by atoms with Crippen LogP contribution in [0.4, 0.5) is 10.1 Å². The number of aromatic hydroxyl groups is 1. The molecule has 49 heavy (non-hydrogen) atoms. The Bertz CT molecular complexity index is 1890. The lowest BCUT2D eigenvalue weighted by Crippen LogP contribution is -2.70. The molecule has 3 aliphatic heterocycles. The Balaban J connectivity index is 1.04. The fourth-order valence-electron chi connectivity index (χ4n) is 5.67. The van der Waals surface area contributed by atoms with E-state index in [0.717, 1.165) is 22.6 Å². The molecule has 2 aromatic carbocycles. The lowest BCUT2D eigenvalue weighted by atomic mass is 10.0. The molecular formula is C34H31FN5O7S2+. The summed E-state index contributed by atoms with van der Waals surface area (Å²) in [5.74, 6) is -3.71. The number of aromatic nitrogens is 1. The number of phenolic OH excluding ortho intramolecular Hbond substituents is 1. The van der Waals surface area contributed by atoms with Crippen LogP contribution in [0.15, 0.2) is 101 Å². The minimum atomic E-state index is -1.28. The first kappa shape index (κ1) is 33.7. The molecule has 12 nitrogen and oxygen atoms in total. The summed E-state index contributed by atoms with van der Waals surface area (Å²) in [5, 5.41) is 24.1. The maximum absolute atomic E-state index is 13.5. The molecule has 4 amide bonds. The number of thioether (sulfide) groups is 2. The Morgan fingerprint density at radius 3 is 2.53 bits per heavy atom. The van der Waals surface area contributed by atoms with Crippen LogP contribution in [0.3, 0.4) is 0 Å². The van der Waals surface area contributed by atoms with Crippen LogP contribution < -0.4 is 15.2 Å². The zero-order chi connectivity index (χ0) is 34.7. The van der Waals surface area contributed by atoms with Crippen LogP contribution in [0.2, 0.25) is 0 Å². The number of carboxylic acids is 1. The van der Waals surface area contributed by atoms with Gasteiger partial charge in [-0.1, -0.05) is 18.2 Å². The van der Waals surface area contributed by atoms with E-state index in [-0.39, 0.29) is 41.2 Å². The fraction of sp³-hybridized carbons (Fsp3) is 0.235. The van der Waals surface area contributed by atoms with Gasteiger partial charge in [-0.05, 0) is 47.9 Å². The Kier molecular flexibility index (Phi) is 10.0. The number of halogens is 1. The van der Waals surface area contributed by atoms with Crippen LogP contribution in [0, 0.1) is 5.82 Å². The number of phenols is 1. The van der Waals surface area contributed by atoms with Crippen LogP contribution in [-0.2, 0) is 37.1 Å². The van der Waals surface area contributed by atoms with Crippen LogP contribution in [0.5, 0.6) is 5.75 Å². The molecule has 0 spiro atoms. The summed E-state index contributed by atoms with van der Waals surface area (Å²) in [6.07, 6.45) is 5.35. The molecule has 1 aromatic heterocycles. The summed E-state index contributed by atoms with van der Waals surface area (Å²) < 4.78 is 15.2. The molecule has 252 valence electrons. The third-order valence-corrected chi connectivity index (χ3v) is 10.4. The smallest absolute Gasteiger partial charge is 0.352 e. The summed E-state index contributed by atoms with van der Waals surface area (Å²) in [5.41, 5.74) is 1.66. The van der Waals surface area contributed by atoms with Crippen molar-refractivity contribution in [3.05, 3.63) is 107 Å². The molecule has 3 aromatic rings. The van der Waals surface area contributed by atoms with E-state index in [1.165, 1.54) is 34.5 Å². The molecule has 0 aliphatic carbocycles. The highest BCUT2D eigenvalue weighted by Crippen LogP contribution is 2.41. The third kappa shape index (κ3) is 7.62. The van der Waals surface area contributed by atoms with E-state index in [1.54, 1.807) is 40.1 Å². The van der Waals surface area contributed by atoms with Gasteiger partial charge in [-0.15, -0.1) is 23.5 Å². The topological polar surface area (TPSA) is 160 Å². The first-order valence-electron chi connectivity index (χ1n) is 15.2. The van der Waals surface area contributed by atoms with Crippen molar-refractivity contribution in [1.82, 2.24) is 15.1 Å². The van der Waals surface area contributed by atoms with Gasteiger partial charge in [-0.25, -0.2) is 9.18 Å². The molecule has 6 rings (SSSR count). The molecule has 2 saturated heterocycles. The second-order valence-electron chi connectivity index (χ2n) is 11.5. The molecule has 0 radical (unpaired) electrons. The number of carbonyl (C=O) groups excluding carboxylic acids is 4. The molecular weight excluding hydrogens is 674 g/mol. The van der Waals surface area contributed by atoms with Crippen molar-refractivity contribution in [2.45, 2.75) is 35.8 Å². The van der Waals surface area contributed by atoms with E-state index in [0.29, 0.717) is 30.7 Å². The molecule has 3 aliphatic rings. The van der Waals surface area contributed by atoms with Gasteiger partial charge in [0.05, 0.1) is 5.75 Å². The van der Waals surface area contributed by atoms with Crippen molar-refractivity contribution in [3.63, 3.8) is 0 Å².